The van der Waals surface area contributed by atoms with Crippen molar-refractivity contribution in [3.63, 3.8) is 0 Å². The van der Waals surface area contributed by atoms with E-state index in [1.807, 2.05) is 78.8 Å². The first kappa shape index (κ1) is 21.7. The van der Waals surface area contributed by atoms with Gasteiger partial charge in [0.05, 0.1) is 22.9 Å². The standard InChI is InChI=1S/C19H33BN2O3S/c1-10-22(26(23)17(3,4)5)14(2)16-13-15(11-12-21-16)20-24-18(6,7)19(8,9)25-20/h11-14H,10H2,1-9H3. The van der Waals surface area contributed by atoms with Gasteiger partial charge in [-0.05, 0) is 79.9 Å². The first-order valence-electron chi connectivity index (χ1n) is 9.30. The third-order valence-corrected chi connectivity index (χ3v) is 7.29. The monoisotopic (exact) mass is 380 g/mol. The van der Waals surface area contributed by atoms with Crippen LogP contribution >= 0.6 is 0 Å². The Bertz CT molecular complexity index is 617. The predicted molar refractivity (Wildman–Crippen MR) is 109 cm³/mol. The number of nitrogens with zero attached hydrogens (tertiary/aromatic N) is 2. The highest BCUT2D eigenvalue weighted by Crippen LogP contribution is 2.36. The molecule has 0 bridgehead atoms. The van der Waals surface area contributed by atoms with Crippen LogP contribution in [0.3, 0.4) is 0 Å². The number of hydrogen-bond donors (Lipinski definition) is 0. The van der Waals surface area contributed by atoms with Crippen molar-refractivity contribution in [2.45, 2.75) is 84.3 Å². The average Bonchev–Trinajstić information content (AvgIpc) is 2.75. The second-order valence-electron chi connectivity index (χ2n) is 8.87. The van der Waals surface area contributed by atoms with Gasteiger partial charge in [0.15, 0.2) is 0 Å². The molecule has 0 amide bonds. The van der Waals surface area contributed by atoms with Gasteiger partial charge in [0.25, 0.3) is 0 Å². The van der Waals surface area contributed by atoms with Crippen LogP contribution in [-0.2, 0) is 20.7 Å². The van der Waals surface area contributed by atoms with E-state index in [2.05, 4.69) is 4.98 Å². The van der Waals surface area contributed by atoms with E-state index in [0.29, 0.717) is 6.54 Å². The van der Waals surface area contributed by atoms with Gasteiger partial charge in [-0.25, -0.2) is 0 Å². The Morgan fingerprint density at radius 2 is 1.77 bits per heavy atom. The largest absolute Gasteiger partial charge is 0.597 e. The van der Waals surface area contributed by atoms with Crippen LogP contribution in [0.4, 0.5) is 0 Å². The van der Waals surface area contributed by atoms with E-state index >= 15 is 0 Å². The van der Waals surface area contributed by atoms with E-state index < -0.39 is 18.5 Å². The van der Waals surface area contributed by atoms with E-state index in [0.717, 1.165) is 11.2 Å². The Hall–Kier alpha value is -0.595. The third-order valence-electron chi connectivity index (χ3n) is 5.24. The summed E-state index contributed by atoms with van der Waals surface area (Å²) < 4.78 is 26.9. The molecular formula is C19H33BN2O3S. The minimum Gasteiger partial charge on any atom is -0.597 e. The molecule has 1 aliphatic rings. The predicted octanol–water partition coefficient (Wildman–Crippen LogP) is 3.23. The molecule has 0 aromatic carbocycles. The van der Waals surface area contributed by atoms with Crippen LogP contribution in [0.25, 0.3) is 0 Å². The smallest absolute Gasteiger partial charge is 0.494 e. The molecule has 1 aromatic heterocycles. The highest BCUT2D eigenvalue weighted by molar-refractivity contribution is 7.90. The maximum Gasteiger partial charge on any atom is 0.494 e. The second-order valence-corrected chi connectivity index (χ2v) is 11.1. The highest BCUT2D eigenvalue weighted by atomic mass is 32.2. The summed E-state index contributed by atoms with van der Waals surface area (Å²) in [6.07, 6.45) is 1.78. The molecule has 5 nitrogen and oxygen atoms in total. The molecule has 146 valence electrons. The Morgan fingerprint density at radius 1 is 1.23 bits per heavy atom. The summed E-state index contributed by atoms with van der Waals surface area (Å²) in [5, 5.41) is 0. The summed E-state index contributed by atoms with van der Waals surface area (Å²) in [5.74, 6) is 0. The molecule has 1 aromatic rings. The van der Waals surface area contributed by atoms with Crippen molar-refractivity contribution in [2.75, 3.05) is 6.54 Å². The molecule has 2 atom stereocenters. The minimum absolute atomic E-state index is 0.0672. The normalized spacial score (nSPS) is 21.9. The molecule has 26 heavy (non-hydrogen) atoms. The summed E-state index contributed by atoms with van der Waals surface area (Å²) in [7, 11) is -0.419. The first-order valence-corrected chi connectivity index (χ1v) is 10.4. The van der Waals surface area contributed by atoms with Gasteiger partial charge in [-0.15, -0.1) is 4.31 Å². The van der Waals surface area contributed by atoms with Crippen molar-refractivity contribution in [1.82, 2.24) is 9.29 Å². The molecule has 2 unspecified atom stereocenters. The van der Waals surface area contributed by atoms with Gasteiger partial charge in [-0.3, -0.25) is 4.98 Å². The first-order chi connectivity index (χ1) is 11.8. The van der Waals surface area contributed by atoms with Crippen LogP contribution in [0, 0.1) is 0 Å². The maximum atomic E-state index is 12.9. The fourth-order valence-electron chi connectivity index (χ4n) is 2.85. The zero-order chi connectivity index (χ0) is 19.9. The number of aromatic nitrogens is 1. The lowest BCUT2D eigenvalue weighted by Crippen LogP contribution is -2.44. The van der Waals surface area contributed by atoms with E-state index in [9.17, 15) is 4.55 Å². The van der Waals surface area contributed by atoms with Gasteiger partial charge < -0.3 is 13.9 Å². The van der Waals surface area contributed by atoms with E-state index in [-0.39, 0.29) is 22.0 Å². The van der Waals surface area contributed by atoms with Crippen molar-refractivity contribution in [3.05, 3.63) is 24.0 Å². The average molecular weight is 380 g/mol. The van der Waals surface area contributed by atoms with E-state index in [1.54, 1.807) is 6.20 Å². The Labute approximate surface area is 162 Å². The van der Waals surface area contributed by atoms with Crippen LogP contribution in [0.15, 0.2) is 18.3 Å². The Balaban J connectivity index is 2.26. The quantitative estimate of drug-likeness (QED) is 0.580. The molecule has 1 saturated heterocycles. The van der Waals surface area contributed by atoms with Crippen LogP contribution in [0.1, 0.15) is 74.0 Å². The number of hydrogen-bond acceptors (Lipinski definition) is 5. The van der Waals surface area contributed by atoms with Gasteiger partial charge >= 0.3 is 7.12 Å². The lowest BCUT2D eigenvalue weighted by molar-refractivity contribution is 0.00578. The molecular weight excluding hydrogens is 347 g/mol. The van der Waals surface area contributed by atoms with E-state index in [1.165, 1.54) is 0 Å². The lowest BCUT2D eigenvalue weighted by Gasteiger charge is -2.35. The van der Waals surface area contributed by atoms with Crippen LogP contribution in [0.2, 0.25) is 0 Å². The second kappa shape index (κ2) is 7.43. The lowest BCUT2D eigenvalue weighted by atomic mass is 9.79. The van der Waals surface area contributed by atoms with Crippen LogP contribution in [0.5, 0.6) is 0 Å². The van der Waals surface area contributed by atoms with Crippen LogP contribution in [-0.4, -0.2) is 43.5 Å². The van der Waals surface area contributed by atoms with Gasteiger partial charge in [0.2, 0.25) is 0 Å². The molecule has 2 heterocycles. The molecule has 0 aliphatic carbocycles. The molecule has 0 radical (unpaired) electrons. The Kier molecular flexibility index (Phi) is 6.21. The molecule has 1 aliphatic heterocycles. The van der Waals surface area contributed by atoms with Gasteiger partial charge in [0, 0.05) is 24.1 Å². The summed E-state index contributed by atoms with van der Waals surface area (Å²) in [4.78, 5) is 4.53. The Morgan fingerprint density at radius 3 is 2.23 bits per heavy atom. The minimum atomic E-state index is -1.11. The van der Waals surface area contributed by atoms with Crippen molar-refractivity contribution < 1.29 is 13.9 Å². The van der Waals surface area contributed by atoms with Crippen molar-refractivity contribution in [2.24, 2.45) is 0 Å². The van der Waals surface area contributed by atoms with Crippen LogP contribution < -0.4 is 5.46 Å². The topological polar surface area (TPSA) is 57.7 Å². The van der Waals surface area contributed by atoms with Gasteiger partial charge in [0.1, 0.15) is 4.75 Å². The van der Waals surface area contributed by atoms with Gasteiger partial charge in [-0.1, -0.05) is 0 Å². The maximum absolute atomic E-state index is 12.9. The summed E-state index contributed by atoms with van der Waals surface area (Å²) in [6, 6.07) is 3.87. The molecule has 0 spiro atoms. The van der Waals surface area contributed by atoms with E-state index in [4.69, 9.17) is 9.31 Å². The van der Waals surface area contributed by atoms with Crippen molar-refractivity contribution in [1.29, 1.82) is 0 Å². The van der Waals surface area contributed by atoms with Crippen molar-refractivity contribution in [3.8, 4) is 0 Å². The van der Waals surface area contributed by atoms with Crippen molar-refractivity contribution >= 4 is 23.9 Å². The molecule has 1 fully saturated rings. The number of rotatable bonds is 5. The zero-order valence-electron chi connectivity index (χ0n) is 17.6. The third kappa shape index (κ3) is 4.28. The SMILES string of the molecule is CCN(C(C)c1cc(B2OC(C)(C)C(C)(C)O2)ccn1)[S+]([O-])C(C)(C)C. The highest BCUT2D eigenvalue weighted by Gasteiger charge is 2.51. The number of pyridine rings is 1. The molecule has 0 N–H and O–H groups in total. The summed E-state index contributed by atoms with van der Waals surface area (Å²) in [6.45, 7) is 18.9. The zero-order valence-corrected chi connectivity index (χ0v) is 18.4. The molecule has 7 heteroatoms. The fraction of sp³-hybridized carbons (Fsp3) is 0.737. The summed E-state index contributed by atoms with van der Waals surface area (Å²) in [5.41, 5.74) is 1.06. The van der Waals surface area contributed by atoms with Gasteiger partial charge in [-0.2, -0.15) is 0 Å². The molecule has 0 saturated carbocycles. The summed E-state index contributed by atoms with van der Waals surface area (Å²) >= 11 is -1.11. The molecule has 2 rings (SSSR count). The fourth-order valence-corrected chi connectivity index (χ4v) is 4.19.